The Morgan fingerprint density at radius 1 is 1.22 bits per heavy atom. The molecule has 2 aromatic carbocycles. The number of nitrogens with zero attached hydrogens (tertiary/aromatic N) is 2. The Hall–Kier alpha value is -2.18. The van der Waals surface area contributed by atoms with E-state index in [4.69, 9.17) is 4.74 Å². The van der Waals surface area contributed by atoms with E-state index in [0.717, 1.165) is 32.2 Å². The van der Waals surface area contributed by atoms with Crippen molar-refractivity contribution >= 4 is 38.6 Å². The van der Waals surface area contributed by atoms with Crippen molar-refractivity contribution in [3.8, 4) is 17.0 Å². The van der Waals surface area contributed by atoms with Gasteiger partial charge in [-0.1, -0.05) is 30.3 Å². The number of halogens is 1. The highest BCUT2D eigenvalue weighted by molar-refractivity contribution is 9.10. The number of nitrogens with one attached hydrogen (secondary N) is 1. The average molecular weight is 388 g/mol. The van der Waals surface area contributed by atoms with Gasteiger partial charge in [0.25, 0.3) is 0 Å². The van der Waals surface area contributed by atoms with Gasteiger partial charge in [-0.15, -0.1) is 11.3 Å². The van der Waals surface area contributed by atoms with Gasteiger partial charge in [0.2, 0.25) is 5.13 Å². The zero-order valence-electron chi connectivity index (χ0n) is 12.4. The molecular weight excluding hydrogens is 374 g/mol. The summed E-state index contributed by atoms with van der Waals surface area (Å²) in [6.07, 6.45) is 1.74. The molecule has 1 heterocycles. The van der Waals surface area contributed by atoms with Crippen molar-refractivity contribution < 1.29 is 4.74 Å². The van der Waals surface area contributed by atoms with Crippen molar-refractivity contribution in [2.75, 3.05) is 12.5 Å². The van der Waals surface area contributed by atoms with Gasteiger partial charge < -0.3 is 4.74 Å². The zero-order chi connectivity index (χ0) is 16.1. The summed E-state index contributed by atoms with van der Waals surface area (Å²) in [6, 6.07) is 15.8. The molecule has 0 amide bonds. The molecule has 3 aromatic rings. The third kappa shape index (κ3) is 3.97. The van der Waals surface area contributed by atoms with Gasteiger partial charge in [0.15, 0.2) is 0 Å². The fourth-order valence-corrected chi connectivity index (χ4v) is 3.22. The van der Waals surface area contributed by atoms with Gasteiger partial charge in [0.05, 0.1) is 23.5 Å². The topological polar surface area (TPSA) is 46.5 Å². The van der Waals surface area contributed by atoms with Gasteiger partial charge in [0, 0.05) is 10.9 Å². The molecule has 0 aliphatic heterocycles. The molecule has 1 N–H and O–H groups in total. The van der Waals surface area contributed by atoms with Crippen molar-refractivity contribution in [3.05, 3.63) is 63.9 Å². The average Bonchev–Trinajstić information content (AvgIpc) is 3.05. The molecule has 0 radical (unpaired) electrons. The van der Waals surface area contributed by atoms with Crippen LogP contribution in [0.1, 0.15) is 5.56 Å². The van der Waals surface area contributed by atoms with Crippen LogP contribution in [0, 0.1) is 0 Å². The van der Waals surface area contributed by atoms with E-state index in [1.165, 1.54) is 11.3 Å². The number of hydrazone groups is 1. The van der Waals surface area contributed by atoms with Crippen molar-refractivity contribution in [2.45, 2.75) is 0 Å². The Morgan fingerprint density at radius 2 is 2.04 bits per heavy atom. The smallest absolute Gasteiger partial charge is 0.203 e. The lowest BCUT2D eigenvalue weighted by Gasteiger charge is -2.03. The maximum absolute atomic E-state index is 5.20. The predicted molar refractivity (Wildman–Crippen MR) is 99.5 cm³/mol. The SMILES string of the molecule is COc1ccc(/C=N/Nc2nc(-c3ccccc3)cs2)cc1Br. The number of thiazole rings is 1. The van der Waals surface area contributed by atoms with Crippen LogP contribution in [0.5, 0.6) is 5.75 Å². The van der Waals surface area contributed by atoms with Crippen LogP contribution in [0.2, 0.25) is 0 Å². The summed E-state index contributed by atoms with van der Waals surface area (Å²) in [5.74, 6) is 0.794. The van der Waals surface area contributed by atoms with Gasteiger partial charge in [-0.2, -0.15) is 5.10 Å². The Kier molecular flexibility index (Phi) is 5.05. The highest BCUT2D eigenvalue weighted by Crippen LogP contribution is 2.26. The lowest BCUT2D eigenvalue weighted by atomic mass is 10.2. The minimum atomic E-state index is 0.757. The third-order valence-electron chi connectivity index (χ3n) is 3.12. The number of anilines is 1. The highest BCUT2D eigenvalue weighted by atomic mass is 79.9. The molecule has 0 unspecified atom stereocenters. The number of benzene rings is 2. The number of methoxy groups -OCH3 is 1. The van der Waals surface area contributed by atoms with Crippen molar-refractivity contribution in [1.82, 2.24) is 4.98 Å². The molecule has 0 saturated carbocycles. The van der Waals surface area contributed by atoms with Gasteiger partial charge in [0.1, 0.15) is 5.75 Å². The normalized spacial score (nSPS) is 10.9. The summed E-state index contributed by atoms with van der Waals surface area (Å²) in [7, 11) is 1.64. The Balaban J connectivity index is 1.67. The molecule has 0 spiro atoms. The van der Waals surface area contributed by atoms with Crippen molar-refractivity contribution in [2.24, 2.45) is 5.10 Å². The standard InChI is InChI=1S/C17H14BrN3OS/c1-22-16-8-7-12(9-14(16)18)10-19-21-17-20-15(11-23-17)13-5-3-2-4-6-13/h2-11H,1H3,(H,20,21)/b19-10+. The van der Waals surface area contributed by atoms with E-state index < -0.39 is 0 Å². The fourth-order valence-electron chi connectivity index (χ4n) is 1.99. The van der Waals surface area contributed by atoms with Crippen LogP contribution in [0.25, 0.3) is 11.3 Å². The fraction of sp³-hybridized carbons (Fsp3) is 0.0588. The van der Waals surface area contributed by atoms with Crippen LogP contribution in [0.15, 0.2) is 63.5 Å². The molecule has 0 fully saturated rings. The van der Waals surface area contributed by atoms with Crippen molar-refractivity contribution in [1.29, 1.82) is 0 Å². The number of aromatic nitrogens is 1. The number of hydrogen-bond acceptors (Lipinski definition) is 5. The second kappa shape index (κ2) is 7.39. The van der Waals surface area contributed by atoms with E-state index in [2.05, 4.69) is 31.4 Å². The van der Waals surface area contributed by atoms with E-state index in [9.17, 15) is 0 Å². The quantitative estimate of drug-likeness (QED) is 0.493. The van der Waals surface area contributed by atoms with Crippen LogP contribution < -0.4 is 10.2 Å². The molecule has 3 rings (SSSR count). The molecule has 0 aliphatic rings. The van der Waals surface area contributed by atoms with Crippen LogP contribution >= 0.6 is 27.3 Å². The minimum Gasteiger partial charge on any atom is -0.496 e. The Labute approximate surface area is 147 Å². The predicted octanol–water partition coefficient (Wildman–Crippen LogP) is 5.03. The largest absolute Gasteiger partial charge is 0.496 e. The first-order chi connectivity index (χ1) is 11.3. The Bertz CT molecular complexity index is 818. The maximum atomic E-state index is 5.20. The lowest BCUT2D eigenvalue weighted by Crippen LogP contribution is -1.91. The molecule has 0 aliphatic carbocycles. The van der Waals surface area contributed by atoms with Gasteiger partial charge in [-0.3, -0.25) is 5.43 Å². The Morgan fingerprint density at radius 3 is 2.78 bits per heavy atom. The van der Waals surface area contributed by atoms with Gasteiger partial charge >= 0.3 is 0 Å². The van der Waals surface area contributed by atoms with Crippen LogP contribution in [0.3, 0.4) is 0 Å². The summed E-state index contributed by atoms with van der Waals surface area (Å²) in [6.45, 7) is 0. The van der Waals surface area contributed by atoms with Crippen LogP contribution in [-0.4, -0.2) is 18.3 Å². The van der Waals surface area contributed by atoms with E-state index >= 15 is 0 Å². The lowest BCUT2D eigenvalue weighted by molar-refractivity contribution is 0.412. The molecule has 0 saturated heterocycles. The molecule has 6 heteroatoms. The maximum Gasteiger partial charge on any atom is 0.203 e. The number of ether oxygens (including phenoxy) is 1. The molecule has 1 aromatic heterocycles. The first-order valence-corrected chi connectivity index (χ1v) is 8.57. The van der Waals surface area contributed by atoms with E-state index in [1.807, 2.05) is 53.9 Å². The molecule has 0 bridgehead atoms. The summed E-state index contributed by atoms with van der Waals surface area (Å²) in [5, 5.41) is 6.99. The monoisotopic (exact) mass is 387 g/mol. The molecular formula is C17H14BrN3OS. The van der Waals surface area contributed by atoms with E-state index in [1.54, 1.807) is 13.3 Å². The second-order valence-corrected chi connectivity index (χ2v) is 6.38. The van der Waals surface area contributed by atoms with Crippen LogP contribution in [-0.2, 0) is 0 Å². The summed E-state index contributed by atoms with van der Waals surface area (Å²) < 4.78 is 6.10. The van der Waals surface area contributed by atoms with Crippen LogP contribution in [0.4, 0.5) is 5.13 Å². The zero-order valence-corrected chi connectivity index (χ0v) is 14.8. The minimum absolute atomic E-state index is 0.757. The molecule has 116 valence electrons. The van der Waals surface area contributed by atoms with Crippen molar-refractivity contribution in [3.63, 3.8) is 0 Å². The summed E-state index contributed by atoms with van der Waals surface area (Å²) in [4.78, 5) is 4.52. The molecule has 4 nitrogen and oxygen atoms in total. The summed E-state index contributed by atoms with van der Waals surface area (Å²) in [5.41, 5.74) is 5.97. The van der Waals surface area contributed by atoms with Gasteiger partial charge in [-0.05, 0) is 39.7 Å². The van der Waals surface area contributed by atoms with E-state index in [0.29, 0.717) is 0 Å². The molecule has 23 heavy (non-hydrogen) atoms. The second-order valence-electron chi connectivity index (χ2n) is 4.67. The van der Waals surface area contributed by atoms with E-state index in [-0.39, 0.29) is 0 Å². The summed E-state index contributed by atoms with van der Waals surface area (Å²) >= 11 is 4.98. The van der Waals surface area contributed by atoms with Gasteiger partial charge in [-0.25, -0.2) is 4.98 Å². The number of hydrogen-bond donors (Lipinski definition) is 1. The highest BCUT2D eigenvalue weighted by Gasteiger charge is 2.03. The number of rotatable bonds is 5. The molecule has 0 atom stereocenters. The first-order valence-electron chi connectivity index (χ1n) is 6.90. The first kappa shape index (κ1) is 15.7. The third-order valence-corrected chi connectivity index (χ3v) is 4.49.